The van der Waals surface area contributed by atoms with E-state index >= 15 is 0 Å². The molecule has 0 bridgehead atoms. The van der Waals surface area contributed by atoms with Gasteiger partial charge in [-0.1, -0.05) is 6.07 Å². The summed E-state index contributed by atoms with van der Waals surface area (Å²) in [7, 11) is 2.16. The lowest BCUT2D eigenvalue weighted by Gasteiger charge is -2.26. The van der Waals surface area contributed by atoms with Gasteiger partial charge in [0.05, 0.1) is 0 Å². The van der Waals surface area contributed by atoms with Crippen molar-refractivity contribution in [1.29, 1.82) is 0 Å². The molecule has 1 aromatic heterocycles. The first-order chi connectivity index (χ1) is 8.22. The number of aromatic nitrogens is 1. The minimum absolute atomic E-state index is 0.645. The molecule has 2 heterocycles. The standard InChI is InChI=1S/C13H21N3S/c1-10-7-11(3-5-14)8-15-13(10)16(2)12-4-6-17-9-12/h7-8,12H,3-6,9,14H2,1-2H3. The van der Waals surface area contributed by atoms with Gasteiger partial charge in [0.25, 0.3) is 0 Å². The molecular formula is C13H21N3S. The molecule has 17 heavy (non-hydrogen) atoms. The highest BCUT2D eigenvalue weighted by atomic mass is 32.2. The van der Waals surface area contributed by atoms with E-state index in [0.29, 0.717) is 12.6 Å². The lowest BCUT2D eigenvalue weighted by atomic mass is 10.1. The second-order valence-corrected chi connectivity index (χ2v) is 5.80. The van der Waals surface area contributed by atoms with E-state index in [1.807, 2.05) is 18.0 Å². The van der Waals surface area contributed by atoms with Gasteiger partial charge in [0.15, 0.2) is 0 Å². The van der Waals surface area contributed by atoms with E-state index in [1.165, 1.54) is 29.1 Å². The number of rotatable bonds is 4. The molecule has 1 fully saturated rings. The van der Waals surface area contributed by atoms with Gasteiger partial charge in [-0.25, -0.2) is 4.98 Å². The van der Waals surface area contributed by atoms with Crippen LogP contribution in [0.15, 0.2) is 12.3 Å². The SMILES string of the molecule is Cc1cc(CCN)cnc1N(C)C1CCSC1. The van der Waals surface area contributed by atoms with Crippen molar-refractivity contribution in [3.05, 3.63) is 23.4 Å². The largest absolute Gasteiger partial charge is 0.356 e. The molecule has 0 aromatic carbocycles. The molecule has 1 unspecified atom stereocenters. The normalized spacial score (nSPS) is 19.6. The third-order valence-electron chi connectivity index (χ3n) is 3.33. The van der Waals surface area contributed by atoms with Crippen molar-refractivity contribution in [2.45, 2.75) is 25.8 Å². The molecule has 94 valence electrons. The molecule has 1 aromatic rings. The maximum absolute atomic E-state index is 5.57. The molecule has 1 aliphatic heterocycles. The van der Waals surface area contributed by atoms with E-state index in [4.69, 9.17) is 5.73 Å². The van der Waals surface area contributed by atoms with Crippen LogP contribution in [0.5, 0.6) is 0 Å². The predicted molar refractivity (Wildman–Crippen MR) is 75.9 cm³/mol. The topological polar surface area (TPSA) is 42.1 Å². The van der Waals surface area contributed by atoms with Gasteiger partial charge in [-0.05, 0) is 43.2 Å². The smallest absolute Gasteiger partial charge is 0.131 e. The van der Waals surface area contributed by atoms with Crippen molar-refractivity contribution in [3.63, 3.8) is 0 Å². The van der Waals surface area contributed by atoms with Crippen molar-refractivity contribution in [2.24, 2.45) is 5.73 Å². The third-order valence-corrected chi connectivity index (χ3v) is 4.47. The van der Waals surface area contributed by atoms with Crippen LogP contribution in [0.3, 0.4) is 0 Å². The maximum atomic E-state index is 5.57. The number of thioether (sulfide) groups is 1. The van der Waals surface area contributed by atoms with Gasteiger partial charge in [-0.3, -0.25) is 0 Å². The van der Waals surface area contributed by atoms with E-state index in [1.54, 1.807) is 0 Å². The number of nitrogens with zero attached hydrogens (tertiary/aromatic N) is 2. The average Bonchev–Trinajstić information content (AvgIpc) is 2.82. The van der Waals surface area contributed by atoms with E-state index in [-0.39, 0.29) is 0 Å². The van der Waals surface area contributed by atoms with Gasteiger partial charge in [0.2, 0.25) is 0 Å². The third kappa shape index (κ3) is 2.93. The Bertz CT molecular complexity index is 375. The average molecular weight is 251 g/mol. The van der Waals surface area contributed by atoms with Crippen LogP contribution in [0, 0.1) is 6.92 Å². The lowest BCUT2D eigenvalue weighted by molar-refractivity contribution is 0.689. The van der Waals surface area contributed by atoms with Crippen molar-refractivity contribution in [3.8, 4) is 0 Å². The van der Waals surface area contributed by atoms with Crippen molar-refractivity contribution >= 4 is 17.6 Å². The summed E-state index contributed by atoms with van der Waals surface area (Å²) in [5, 5.41) is 0. The lowest BCUT2D eigenvalue weighted by Crippen LogP contribution is -2.32. The monoisotopic (exact) mass is 251 g/mol. The van der Waals surface area contributed by atoms with Crippen LogP contribution >= 0.6 is 11.8 Å². The Balaban J connectivity index is 2.14. The Morgan fingerprint density at radius 2 is 2.41 bits per heavy atom. The molecule has 0 spiro atoms. The van der Waals surface area contributed by atoms with Gasteiger partial charge in [-0.2, -0.15) is 11.8 Å². The van der Waals surface area contributed by atoms with Crippen molar-refractivity contribution in [2.75, 3.05) is 30.0 Å². The van der Waals surface area contributed by atoms with Gasteiger partial charge in [-0.15, -0.1) is 0 Å². The zero-order chi connectivity index (χ0) is 12.3. The molecule has 1 aliphatic rings. The Morgan fingerprint density at radius 3 is 3.00 bits per heavy atom. The summed E-state index contributed by atoms with van der Waals surface area (Å²) in [6, 6.07) is 2.86. The van der Waals surface area contributed by atoms with Crippen LogP contribution in [-0.2, 0) is 6.42 Å². The Kier molecular flexibility index (Phi) is 4.29. The van der Waals surface area contributed by atoms with Crippen LogP contribution in [-0.4, -0.2) is 36.1 Å². The number of hydrogen-bond donors (Lipinski definition) is 1. The summed E-state index contributed by atoms with van der Waals surface area (Å²) in [5.41, 5.74) is 8.07. The van der Waals surface area contributed by atoms with Crippen LogP contribution in [0.4, 0.5) is 5.82 Å². The van der Waals surface area contributed by atoms with Gasteiger partial charge in [0.1, 0.15) is 5.82 Å². The molecular weight excluding hydrogens is 230 g/mol. The molecule has 0 radical (unpaired) electrons. The van der Waals surface area contributed by atoms with E-state index in [9.17, 15) is 0 Å². The van der Waals surface area contributed by atoms with E-state index in [0.717, 1.165) is 12.2 Å². The Hall–Kier alpha value is -0.740. The second kappa shape index (κ2) is 5.74. The summed E-state index contributed by atoms with van der Waals surface area (Å²) in [6.07, 6.45) is 4.15. The van der Waals surface area contributed by atoms with Crippen molar-refractivity contribution < 1.29 is 0 Å². The van der Waals surface area contributed by atoms with Crippen LogP contribution in [0.2, 0.25) is 0 Å². The number of pyridine rings is 1. The second-order valence-electron chi connectivity index (χ2n) is 4.65. The van der Waals surface area contributed by atoms with Crippen LogP contribution in [0.25, 0.3) is 0 Å². The summed E-state index contributed by atoms with van der Waals surface area (Å²) in [5.74, 6) is 3.62. The van der Waals surface area contributed by atoms with E-state index in [2.05, 4.69) is 29.9 Å². The molecule has 2 N–H and O–H groups in total. The highest BCUT2D eigenvalue weighted by Gasteiger charge is 2.22. The quantitative estimate of drug-likeness (QED) is 0.886. The fourth-order valence-corrected chi connectivity index (χ4v) is 3.57. The highest BCUT2D eigenvalue weighted by Crippen LogP contribution is 2.26. The molecule has 0 aliphatic carbocycles. The zero-order valence-electron chi connectivity index (χ0n) is 10.6. The number of aryl methyl sites for hydroxylation is 1. The highest BCUT2D eigenvalue weighted by molar-refractivity contribution is 7.99. The van der Waals surface area contributed by atoms with E-state index < -0.39 is 0 Å². The zero-order valence-corrected chi connectivity index (χ0v) is 11.5. The first-order valence-electron chi connectivity index (χ1n) is 6.18. The van der Waals surface area contributed by atoms with Gasteiger partial charge in [0, 0.05) is 25.0 Å². The molecule has 2 rings (SSSR count). The Labute approximate surface area is 108 Å². The first-order valence-corrected chi connectivity index (χ1v) is 7.34. The summed E-state index contributed by atoms with van der Waals surface area (Å²) in [6.45, 7) is 2.83. The molecule has 0 saturated carbocycles. The fourth-order valence-electron chi connectivity index (χ4n) is 2.30. The van der Waals surface area contributed by atoms with Crippen LogP contribution in [0.1, 0.15) is 17.5 Å². The Morgan fingerprint density at radius 1 is 1.59 bits per heavy atom. The number of nitrogens with two attached hydrogens (primary N) is 1. The fraction of sp³-hybridized carbons (Fsp3) is 0.615. The molecule has 0 amide bonds. The number of hydrogen-bond acceptors (Lipinski definition) is 4. The minimum Gasteiger partial charge on any atom is -0.356 e. The summed E-state index contributed by atoms with van der Waals surface area (Å²) < 4.78 is 0. The molecule has 3 nitrogen and oxygen atoms in total. The molecule has 1 saturated heterocycles. The van der Waals surface area contributed by atoms with Crippen LogP contribution < -0.4 is 10.6 Å². The van der Waals surface area contributed by atoms with Gasteiger partial charge < -0.3 is 10.6 Å². The van der Waals surface area contributed by atoms with Gasteiger partial charge >= 0.3 is 0 Å². The summed E-state index contributed by atoms with van der Waals surface area (Å²) >= 11 is 2.04. The maximum Gasteiger partial charge on any atom is 0.131 e. The number of anilines is 1. The first kappa shape index (κ1) is 12.7. The molecule has 4 heteroatoms. The minimum atomic E-state index is 0.645. The predicted octanol–water partition coefficient (Wildman–Crippen LogP) is 1.83. The summed E-state index contributed by atoms with van der Waals surface area (Å²) in [4.78, 5) is 6.94. The van der Waals surface area contributed by atoms with Crippen molar-refractivity contribution in [1.82, 2.24) is 4.98 Å². The molecule has 1 atom stereocenters.